The SMILES string of the molecule is Cc1ccc2c(oc3ccncc32)c1N1C=CN(C)C1(C)C. The molecule has 1 aliphatic heterocycles. The molecule has 22 heavy (non-hydrogen) atoms. The second-order valence-electron chi connectivity index (χ2n) is 6.36. The summed E-state index contributed by atoms with van der Waals surface area (Å²) in [6, 6.07) is 6.20. The molecular formula is C18H19N3O. The Morgan fingerprint density at radius 2 is 1.91 bits per heavy atom. The highest BCUT2D eigenvalue weighted by molar-refractivity contribution is 6.09. The third kappa shape index (κ3) is 1.61. The Labute approximate surface area is 129 Å². The van der Waals surface area contributed by atoms with Gasteiger partial charge in [-0.25, -0.2) is 0 Å². The fourth-order valence-electron chi connectivity index (χ4n) is 3.12. The minimum absolute atomic E-state index is 0.129. The summed E-state index contributed by atoms with van der Waals surface area (Å²) in [5, 5.41) is 2.18. The van der Waals surface area contributed by atoms with Gasteiger partial charge in [-0.05, 0) is 32.4 Å². The lowest BCUT2D eigenvalue weighted by Gasteiger charge is -2.38. The minimum Gasteiger partial charge on any atom is -0.454 e. The Morgan fingerprint density at radius 1 is 1.09 bits per heavy atom. The van der Waals surface area contributed by atoms with Gasteiger partial charge in [0.2, 0.25) is 0 Å². The number of hydrogen-bond donors (Lipinski definition) is 0. The van der Waals surface area contributed by atoms with Gasteiger partial charge in [-0.2, -0.15) is 0 Å². The minimum atomic E-state index is -0.129. The molecule has 0 spiro atoms. The van der Waals surface area contributed by atoms with Gasteiger partial charge in [0.15, 0.2) is 5.58 Å². The maximum Gasteiger partial charge on any atom is 0.159 e. The molecule has 0 atom stereocenters. The Hall–Kier alpha value is -2.49. The van der Waals surface area contributed by atoms with E-state index in [0.717, 1.165) is 27.6 Å². The average molecular weight is 293 g/mol. The zero-order valence-electron chi connectivity index (χ0n) is 13.3. The lowest BCUT2D eigenvalue weighted by atomic mass is 10.1. The summed E-state index contributed by atoms with van der Waals surface area (Å²) in [7, 11) is 2.09. The first-order valence-corrected chi connectivity index (χ1v) is 7.46. The van der Waals surface area contributed by atoms with Crippen molar-refractivity contribution in [3.63, 3.8) is 0 Å². The van der Waals surface area contributed by atoms with E-state index in [0.29, 0.717) is 0 Å². The van der Waals surface area contributed by atoms with Crippen molar-refractivity contribution in [3.8, 4) is 0 Å². The van der Waals surface area contributed by atoms with Crippen LogP contribution in [0.5, 0.6) is 0 Å². The number of benzene rings is 1. The van der Waals surface area contributed by atoms with Gasteiger partial charge >= 0.3 is 0 Å². The molecule has 4 heteroatoms. The van der Waals surface area contributed by atoms with Crippen LogP contribution >= 0.6 is 0 Å². The molecule has 4 nitrogen and oxygen atoms in total. The zero-order valence-corrected chi connectivity index (χ0v) is 13.3. The molecule has 112 valence electrons. The first-order valence-electron chi connectivity index (χ1n) is 7.46. The van der Waals surface area contributed by atoms with E-state index in [1.807, 2.05) is 12.3 Å². The van der Waals surface area contributed by atoms with E-state index in [9.17, 15) is 0 Å². The fraction of sp³-hybridized carbons (Fsp3) is 0.278. The second kappa shape index (κ2) is 4.26. The molecular weight excluding hydrogens is 274 g/mol. The molecule has 1 aliphatic rings. The van der Waals surface area contributed by atoms with Crippen LogP contribution in [0, 0.1) is 6.92 Å². The van der Waals surface area contributed by atoms with Crippen molar-refractivity contribution in [1.29, 1.82) is 0 Å². The van der Waals surface area contributed by atoms with Crippen molar-refractivity contribution >= 4 is 27.6 Å². The van der Waals surface area contributed by atoms with E-state index in [1.165, 1.54) is 5.56 Å². The van der Waals surface area contributed by atoms with E-state index < -0.39 is 0 Å². The molecule has 4 rings (SSSR count). The molecule has 0 bridgehead atoms. The molecule has 0 radical (unpaired) electrons. The summed E-state index contributed by atoms with van der Waals surface area (Å²) in [4.78, 5) is 8.71. The maximum atomic E-state index is 6.17. The number of fused-ring (bicyclic) bond motifs is 3. The fourth-order valence-corrected chi connectivity index (χ4v) is 3.12. The van der Waals surface area contributed by atoms with Crippen LogP contribution in [0.15, 0.2) is 47.4 Å². The van der Waals surface area contributed by atoms with Crippen LogP contribution in [0.25, 0.3) is 21.9 Å². The van der Waals surface area contributed by atoms with Gasteiger partial charge in [0.25, 0.3) is 0 Å². The number of hydrogen-bond acceptors (Lipinski definition) is 4. The zero-order chi connectivity index (χ0) is 15.5. The largest absolute Gasteiger partial charge is 0.454 e. The highest BCUT2D eigenvalue weighted by Gasteiger charge is 2.35. The molecule has 0 saturated heterocycles. The summed E-state index contributed by atoms with van der Waals surface area (Å²) in [5.74, 6) is 0. The number of pyridine rings is 1. The standard InChI is InChI=1S/C18H19N3O/c1-12-5-6-13-14-11-19-8-7-15(14)22-17(13)16(12)21-10-9-20(4)18(21,2)3/h5-11H,1-4H3. The van der Waals surface area contributed by atoms with Gasteiger partial charge in [-0.15, -0.1) is 0 Å². The molecule has 0 saturated carbocycles. The van der Waals surface area contributed by atoms with Crippen molar-refractivity contribution in [3.05, 3.63) is 48.6 Å². The van der Waals surface area contributed by atoms with E-state index >= 15 is 0 Å². The van der Waals surface area contributed by atoms with Gasteiger partial charge in [-0.3, -0.25) is 4.98 Å². The predicted molar refractivity (Wildman–Crippen MR) is 89.7 cm³/mol. The number of aromatic nitrogens is 1. The molecule has 0 aliphatic carbocycles. The number of anilines is 1. The summed E-state index contributed by atoms with van der Waals surface area (Å²) >= 11 is 0. The molecule has 0 amide bonds. The molecule has 1 aromatic carbocycles. The van der Waals surface area contributed by atoms with Crippen molar-refractivity contribution in [2.24, 2.45) is 0 Å². The number of nitrogens with zero attached hydrogens (tertiary/aromatic N) is 3. The Morgan fingerprint density at radius 3 is 2.64 bits per heavy atom. The molecule has 2 aromatic heterocycles. The Bertz CT molecular complexity index is 907. The lowest BCUT2D eigenvalue weighted by Crippen LogP contribution is -2.46. The normalized spacial score (nSPS) is 17.1. The van der Waals surface area contributed by atoms with Crippen LogP contribution < -0.4 is 4.90 Å². The van der Waals surface area contributed by atoms with Crippen LogP contribution in [0.4, 0.5) is 5.69 Å². The molecule has 3 aromatic rings. The van der Waals surface area contributed by atoms with Gasteiger partial charge in [0, 0.05) is 42.6 Å². The molecule has 0 fully saturated rings. The van der Waals surface area contributed by atoms with Gasteiger partial charge < -0.3 is 14.2 Å². The Kier molecular flexibility index (Phi) is 2.55. The van der Waals surface area contributed by atoms with Crippen molar-refractivity contribution in [2.75, 3.05) is 11.9 Å². The molecule has 3 heterocycles. The van der Waals surface area contributed by atoms with Gasteiger partial charge in [0.05, 0.1) is 5.69 Å². The van der Waals surface area contributed by atoms with Crippen LogP contribution in [-0.4, -0.2) is 22.6 Å². The number of rotatable bonds is 1. The number of aryl methyl sites for hydroxylation is 1. The van der Waals surface area contributed by atoms with Crippen molar-refractivity contribution in [2.45, 2.75) is 26.4 Å². The maximum absolute atomic E-state index is 6.17. The monoisotopic (exact) mass is 293 g/mol. The summed E-state index contributed by atoms with van der Waals surface area (Å²) in [6.07, 6.45) is 7.86. The average Bonchev–Trinajstić information content (AvgIpc) is 2.98. The van der Waals surface area contributed by atoms with Crippen molar-refractivity contribution < 1.29 is 4.42 Å². The number of furan rings is 1. The Balaban J connectivity index is 2.05. The molecule has 0 N–H and O–H groups in total. The van der Waals surface area contributed by atoms with E-state index in [2.05, 4.69) is 67.1 Å². The van der Waals surface area contributed by atoms with Crippen molar-refractivity contribution in [1.82, 2.24) is 9.88 Å². The first-order chi connectivity index (χ1) is 10.5. The molecule has 0 unspecified atom stereocenters. The summed E-state index contributed by atoms with van der Waals surface area (Å²) < 4.78 is 6.17. The van der Waals surface area contributed by atoms with Gasteiger partial charge in [0.1, 0.15) is 11.2 Å². The van der Waals surface area contributed by atoms with E-state index in [4.69, 9.17) is 4.42 Å². The second-order valence-corrected chi connectivity index (χ2v) is 6.36. The van der Waals surface area contributed by atoms with Crippen LogP contribution in [0.2, 0.25) is 0 Å². The van der Waals surface area contributed by atoms with E-state index in [-0.39, 0.29) is 5.66 Å². The summed E-state index contributed by atoms with van der Waals surface area (Å²) in [5.41, 5.74) is 4.00. The summed E-state index contributed by atoms with van der Waals surface area (Å²) in [6.45, 7) is 6.54. The van der Waals surface area contributed by atoms with Crippen LogP contribution in [0.1, 0.15) is 19.4 Å². The first kappa shape index (κ1) is 13.2. The topological polar surface area (TPSA) is 32.5 Å². The van der Waals surface area contributed by atoms with Crippen LogP contribution in [-0.2, 0) is 0 Å². The highest BCUT2D eigenvalue weighted by Crippen LogP contribution is 2.41. The third-order valence-corrected chi connectivity index (χ3v) is 4.75. The highest BCUT2D eigenvalue weighted by atomic mass is 16.3. The van der Waals surface area contributed by atoms with Crippen LogP contribution in [0.3, 0.4) is 0 Å². The predicted octanol–water partition coefficient (Wildman–Crippen LogP) is 4.25. The quantitative estimate of drug-likeness (QED) is 0.671. The smallest absolute Gasteiger partial charge is 0.159 e. The van der Waals surface area contributed by atoms with E-state index in [1.54, 1.807) is 6.20 Å². The van der Waals surface area contributed by atoms with Gasteiger partial charge in [-0.1, -0.05) is 12.1 Å². The lowest BCUT2D eigenvalue weighted by molar-refractivity contribution is 0.253. The third-order valence-electron chi connectivity index (χ3n) is 4.75.